The summed E-state index contributed by atoms with van der Waals surface area (Å²) in [5, 5.41) is -0.710. The molecule has 0 aliphatic carbocycles. The lowest BCUT2D eigenvalue weighted by molar-refractivity contribution is 0.574. The molecule has 0 aliphatic heterocycles. The van der Waals surface area contributed by atoms with Crippen molar-refractivity contribution in [3.63, 3.8) is 0 Å². The third kappa shape index (κ3) is 3.24. The molecular weight excluding hydrogens is 296 g/mol. The van der Waals surface area contributed by atoms with Crippen LogP contribution in [0.1, 0.15) is 13.3 Å². The third-order valence-corrected chi connectivity index (χ3v) is 6.37. The van der Waals surface area contributed by atoms with Crippen molar-refractivity contribution < 1.29 is 16.8 Å². The molecule has 0 radical (unpaired) electrons. The lowest BCUT2D eigenvalue weighted by Crippen LogP contribution is -2.20. The first-order valence-electron chi connectivity index (χ1n) is 5.30. The smallest absolute Gasteiger partial charge is 0.182 e. The van der Waals surface area contributed by atoms with Gasteiger partial charge in [0.2, 0.25) is 0 Å². The topological polar surface area (TPSA) is 68.3 Å². The zero-order chi connectivity index (χ0) is 14.0. The number of alkyl halides is 1. The molecule has 0 saturated heterocycles. The van der Waals surface area contributed by atoms with E-state index >= 15 is 0 Å². The molecule has 0 bridgehead atoms. The fourth-order valence-electron chi connectivity index (χ4n) is 1.52. The van der Waals surface area contributed by atoms with E-state index in [1.54, 1.807) is 0 Å². The van der Waals surface area contributed by atoms with Gasteiger partial charge in [0.15, 0.2) is 19.7 Å². The van der Waals surface area contributed by atoms with Gasteiger partial charge in [0.25, 0.3) is 0 Å². The number of halogens is 1. The molecule has 7 heteroatoms. The average Bonchev–Trinajstić information content (AvgIpc) is 2.28. The van der Waals surface area contributed by atoms with E-state index in [0.29, 0.717) is 0 Å². The average molecular weight is 311 g/mol. The molecule has 1 rings (SSSR count). The van der Waals surface area contributed by atoms with Crippen molar-refractivity contribution in [1.29, 1.82) is 0 Å². The van der Waals surface area contributed by atoms with Crippen LogP contribution in [0.2, 0.25) is 0 Å². The molecule has 1 unspecified atom stereocenters. The maximum absolute atomic E-state index is 12.3. The minimum Gasteiger partial charge on any atom is -0.224 e. The molecule has 0 heterocycles. The summed E-state index contributed by atoms with van der Waals surface area (Å²) in [7, 11) is -7.26. The Kier molecular flexibility index (Phi) is 4.80. The molecule has 1 aromatic rings. The monoisotopic (exact) mass is 310 g/mol. The summed E-state index contributed by atoms with van der Waals surface area (Å²) in [4.78, 5) is -0.309. The zero-order valence-corrected chi connectivity index (χ0v) is 12.5. The molecule has 0 aromatic heterocycles. The van der Waals surface area contributed by atoms with E-state index in [2.05, 4.69) is 0 Å². The van der Waals surface area contributed by atoms with Crippen molar-refractivity contribution in [3.05, 3.63) is 24.3 Å². The molecule has 102 valence electrons. The van der Waals surface area contributed by atoms with Crippen molar-refractivity contribution >= 4 is 31.3 Å². The van der Waals surface area contributed by atoms with Gasteiger partial charge in [-0.15, -0.1) is 11.6 Å². The van der Waals surface area contributed by atoms with Gasteiger partial charge in [-0.3, -0.25) is 0 Å². The van der Waals surface area contributed by atoms with Gasteiger partial charge < -0.3 is 0 Å². The molecular formula is C11H15ClO4S2. The first-order chi connectivity index (χ1) is 8.21. The van der Waals surface area contributed by atoms with Gasteiger partial charge in [-0.25, -0.2) is 16.8 Å². The Morgan fingerprint density at radius 3 is 2.06 bits per heavy atom. The molecule has 0 N–H and O–H groups in total. The van der Waals surface area contributed by atoms with E-state index in [9.17, 15) is 16.8 Å². The maximum Gasteiger partial charge on any atom is 0.182 e. The summed E-state index contributed by atoms with van der Waals surface area (Å²) in [6.45, 7) is 1.52. The second-order valence-electron chi connectivity index (χ2n) is 4.05. The lowest BCUT2D eigenvalue weighted by Gasteiger charge is -2.14. The van der Waals surface area contributed by atoms with E-state index in [1.807, 2.05) is 0 Å². The van der Waals surface area contributed by atoms with Crippen molar-refractivity contribution in [2.24, 2.45) is 0 Å². The van der Waals surface area contributed by atoms with Crippen molar-refractivity contribution in [2.45, 2.75) is 28.4 Å². The van der Waals surface area contributed by atoms with E-state index in [0.717, 1.165) is 6.26 Å². The van der Waals surface area contributed by atoms with Gasteiger partial charge >= 0.3 is 0 Å². The van der Waals surface area contributed by atoms with Crippen LogP contribution in [0, 0.1) is 0 Å². The van der Waals surface area contributed by atoms with Gasteiger partial charge in [-0.2, -0.15) is 0 Å². The number of benzene rings is 1. The van der Waals surface area contributed by atoms with E-state index < -0.39 is 24.9 Å². The van der Waals surface area contributed by atoms with E-state index in [1.165, 1.54) is 31.2 Å². The molecule has 1 aromatic carbocycles. The lowest BCUT2D eigenvalue weighted by atomic mass is 10.4. The third-order valence-electron chi connectivity index (χ3n) is 2.60. The predicted molar refractivity (Wildman–Crippen MR) is 71.5 cm³/mol. The van der Waals surface area contributed by atoms with Gasteiger partial charge in [0.05, 0.1) is 15.0 Å². The molecule has 4 nitrogen and oxygen atoms in total. The highest BCUT2D eigenvalue weighted by Gasteiger charge is 2.28. The quantitative estimate of drug-likeness (QED) is 0.779. The molecule has 0 fully saturated rings. The van der Waals surface area contributed by atoms with Gasteiger partial charge in [0, 0.05) is 12.1 Å². The first-order valence-corrected chi connectivity index (χ1v) is 9.27. The van der Waals surface area contributed by atoms with Crippen molar-refractivity contribution in [3.8, 4) is 0 Å². The fourth-order valence-corrected chi connectivity index (χ4v) is 5.01. The van der Waals surface area contributed by atoms with Crippen LogP contribution in [-0.4, -0.2) is 34.2 Å². The Hall–Kier alpha value is -0.590. The predicted octanol–water partition coefficient (Wildman–Crippen LogP) is 1.88. The Bertz CT molecular complexity index is 620. The van der Waals surface area contributed by atoms with Crippen LogP contribution in [0.3, 0.4) is 0 Å². The van der Waals surface area contributed by atoms with E-state index in [4.69, 9.17) is 11.6 Å². The molecule has 18 heavy (non-hydrogen) atoms. The largest absolute Gasteiger partial charge is 0.224 e. The Morgan fingerprint density at radius 1 is 1.11 bits per heavy atom. The summed E-state index contributed by atoms with van der Waals surface area (Å²) in [6.07, 6.45) is 1.27. The molecule has 0 spiro atoms. The highest BCUT2D eigenvalue weighted by atomic mass is 35.5. The Morgan fingerprint density at radius 2 is 1.61 bits per heavy atom. The Labute approximate surface area is 113 Å². The minimum absolute atomic E-state index is 0.148. The second-order valence-corrected chi connectivity index (χ2v) is 8.75. The zero-order valence-electron chi connectivity index (χ0n) is 10.1. The Balaban J connectivity index is 3.43. The number of sulfone groups is 2. The van der Waals surface area contributed by atoms with Crippen LogP contribution in [-0.2, 0) is 19.7 Å². The standard InChI is InChI=1S/C11H15ClO4S2/c1-9(7-8-12)18(15,16)11-6-4-3-5-10(11)17(2,13)14/h3-6,9H,7-8H2,1-2H3. The molecule has 0 aliphatic rings. The minimum atomic E-state index is -3.68. The highest BCUT2D eigenvalue weighted by Crippen LogP contribution is 2.25. The number of hydrogen-bond donors (Lipinski definition) is 0. The van der Waals surface area contributed by atoms with Crippen molar-refractivity contribution in [2.75, 3.05) is 12.1 Å². The van der Waals surface area contributed by atoms with Crippen LogP contribution in [0.15, 0.2) is 34.1 Å². The van der Waals surface area contributed by atoms with Crippen LogP contribution in [0.4, 0.5) is 0 Å². The normalized spacial score (nSPS) is 14.4. The number of rotatable bonds is 5. The second kappa shape index (κ2) is 5.59. The summed E-state index contributed by atoms with van der Waals surface area (Å²) in [5.41, 5.74) is 0. The molecule has 0 saturated carbocycles. The van der Waals surface area contributed by atoms with Crippen LogP contribution >= 0.6 is 11.6 Å². The maximum atomic E-state index is 12.3. The highest BCUT2D eigenvalue weighted by molar-refractivity contribution is 7.94. The van der Waals surface area contributed by atoms with Crippen molar-refractivity contribution in [1.82, 2.24) is 0 Å². The summed E-state index contributed by atoms with van der Waals surface area (Å²) in [5.74, 6) is 0.210. The number of hydrogen-bond acceptors (Lipinski definition) is 4. The van der Waals surface area contributed by atoms with Crippen LogP contribution < -0.4 is 0 Å². The van der Waals surface area contributed by atoms with Gasteiger partial charge in [0.1, 0.15) is 0 Å². The summed E-state index contributed by atoms with van der Waals surface area (Å²) >= 11 is 5.54. The summed E-state index contributed by atoms with van der Waals surface area (Å²) in [6, 6.07) is 5.63. The van der Waals surface area contributed by atoms with Crippen LogP contribution in [0.25, 0.3) is 0 Å². The van der Waals surface area contributed by atoms with Crippen LogP contribution in [0.5, 0.6) is 0 Å². The van der Waals surface area contributed by atoms with Gasteiger partial charge in [-0.1, -0.05) is 12.1 Å². The molecule has 0 amide bonds. The van der Waals surface area contributed by atoms with E-state index in [-0.39, 0.29) is 22.1 Å². The van der Waals surface area contributed by atoms with Gasteiger partial charge in [-0.05, 0) is 25.5 Å². The summed E-state index contributed by atoms with van der Waals surface area (Å²) < 4.78 is 47.7. The molecule has 1 atom stereocenters. The first kappa shape index (κ1) is 15.5. The fraction of sp³-hybridized carbons (Fsp3) is 0.455. The SMILES string of the molecule is CC(CCCl)S(=O)(=O)c1ccccc1S(C)(=O)=O.